The number of hydrogen-bond acceptors (Lipinski definition) is 4. The molecule has 0 fully saturated rings. The smallest absolute Gasteiger partial charge is 0.271 e. The second-order valence-corrected chi connectivity index (χ2v) is 5.05. The summed E-state index contributed by atoms with van der Waals surface area (Å²) in [7, 11) is 1.71. The van der Waals surface area contributed by atoms with E-state index in [1.807, 2.05) is 0 Å². The first-order valence-electron chi connectivity index (χ1n) is 6.58. The van der Waals surface area contributed by atoms with Crippen molar-refractivity contribution in [2.45, 2.75) is 27.2 Å². The van der Waals surface area contributed by atoms with Gasteiger partial charge in [-0.2, -0.15) is 5.10 Å². The van der Waals surface area contributed by atoms with E-state index in [0.717, 1.165) is 13.0 Å². The van der Waals surface area contributed by atoms with Crippen molar-refractivity contribution in [1.29, 1.82) is 0 Å². The molecule has 0 saturated heterocycles. The van der Waals surface area contributed by atoms with Crippen LogP contribution in [0.25, 0.3) is 0 Å². The van der Waals surface area contributed by atoms with Crippen LogP contribution in [0.4, 0.5) is 5.69 Å². The fraction of sp³-hybridized carbons (Fsp3) is 0.692. The molecule has 6 heteroatoms. The number of rotatable bonds is 7. The van der Waals surface area contributed by atoms with Crippen molar-refractivity contribution in [3.63, 3.8) is 0 Å². The Morgan fingerprint density at radius 2 is 2.21 bits per heavy atom. The molecule has 108 valence electrons. The predicted molar refractivity (Wildman–Crippen MR) is 75.0 cm³/mol. The maximum Gasteiger partial charge on any atom is 0.271 e. The van der Waals surface area contributed by atoms with Gasteiger partial charge in [-0.1, -0.05) is 13.8 Å². The molecule has 0 bridgehead atoms. The summed E-state index contributed by atoms with van der Waals surface area (Å²) in [6, 6.07) is 0. The number of carbonyl (C=O) groups is 1. The second-order valence-electron chi connectivity index (χ2n) is 5.05. The molecule has 0 aliphatic carbocycles. The van der Waals surface area contributed by atoms with Gasteiger partial charge < -0.3 is 15.8 Å². The van der Waals surface area contributed by atoms with Crippen molar-refractivity contribution >= 4 is 11.6 Å². The molecule has 1 aromatic rings. The largest absolute Gasteiger partial charge is 0.395 e. The number of ether oxygens (including phenoxy) is 1. The summed E-state index contributed by atoms with van der Waals surface area (Å²) in [4.78, 5) is 11.9. The van der Waals surface area contributed by atoms with Crippen molar-refractivity contribution < 1.29 is 9.53 Å². The quantitative estimate of drug-likeness (QED) is 0.726. The van der Waals surface area contributed by atoms with Crippen molar-refractivity contribution in [3.8, 4) is 0 Å². The maximum absolute atomic E-state index is 11.9. The van der Waals surface area contributed by atoms with Crippen LogP contribution < -0.4 is 11.1 Å². The normalized spacial score (nSPS) is 11.0. The van der Waals surface area contributed by atoms with Gasteiger partial charge in [-0.3, -0.25) is 9.48 Å². The van der Waals surface area contributed by atoms with Gasteiger partial charge in [0.15, 0.2) is 0 Å². The Hall–Kier alpha value is -1.56. The third-order valence-corrected chi connectivity index (χ3v) is 2.69. The molecule has 19 heavy (non-hydrogen) atoms. The summed E-state index contributed by atoms with van der Waals surface area (Å²) in [5.74, 6) is 0.344. The molecule has 6 nitrogen and oxygen atoms in total. The molecule has 3 N–H and O–H groups in total. The van der Waals surface area contributed by atoms with Gasteiger partial charge in [0.05, 0.1) is 11.4 Å². The summed E-state index contributed by atoms with van der Waals surface area (Å²) in [5, 5.41) is 6.94. The van der Waals surface area contributed by atoms with Crippen LogP contribution in [-0.2, 0) is 11.8 Å². The zero-order valence-corrected chi connectivity index (χ0v) is 12.2. The maximum atomic E-state index is 11.9. The number of anilines is 1. The first kappa shape index (κ1) is 15.5. The minimum Gasteiger partial charge on any atom is -0.395 e. The molecule has 1 amide bonds. The third-order valence-electron chi connectivity index (χ3n) is 2.69. The van der Waals surface area contributed by atoms with Crippen LogP contribution in [0.2, 0.25) is 0 Å². The lowest BCUT2D eigenvalue weighted by molar-refractivity contribution is 0.0917. The molecule has 0 spiro atoms. The highest BCUT2D eigenvalue weighted by molar-refractivity contribution is 5.97. The number of nitrogens with two attached hydrogens (primary N) is 1. The lowest BCUT2D eigenvalue weighted by Crippen LogP contribution is -2.28. The Labute approximate surface area is 114 Å². The van der Waals surface area contributed by atoms with E-state index in [4.69, 9.17) is 10.5 Å². The molecular formula is C13H24N4O2. The summed E-state index contributed by atoms with van der Waals surface area (Å²) < 4.78 is 6.95. The number of aryl methyl sites for hydroxylation is 2. The van der Waals surface area contributed by atoms with Crippen molar-refractivity contribution in [2.24, 2.45) is 13.0 Å². The number of hydrogen-bond donors (Lipinski definition) is 2. The highest BCUT2D eigenvalue weighted by Gasteiger charge is 2.17. The van der Waals surface area contributed by atoms with Gasteiger partial charge in [-0.05, 0) is 19.3 Å². The molecule has 0 unspecified atom stereocenters. The highest BCUT2D eigenvalue weighted by atomic mass is 16.5. The van der Waals surface area contributed by atoms with E-state index in [0.29, 0.717) is 36.1 Å². The lowest BCUT2D eigenvalue weighted by atomic mass is 10.2. The monoisotopic (exact) mass is 268 g/mol. The minimum atomic E-state index is -0.190. The second kappa shape index (κ2) is 7.13. The Kier molecular flexibility index (Phi) is 5.82. The van der Waals surface area contributed by atoms with Crippen LogP contribution in [0.3, 0.4) is 0 Å². The van der Waals surface area contributed by atoms with Gasteiger partial charge in [0.25, 0.3) is 5.91 Å². The molecule has 1 aromatic heterocycles. The molecule has 0 aromatic carbocycles. The van der Waals surface area contributed by atoms with Gasteiger partial charge >= 0.3 is 0 Å². The molecule has 0 saturated carbocycles. The Balaban J connectivity index is 2.32. The minimum absolute atomic E-state index is 0.190. The van der Waals surface area contributed by atoms with E-state index in [1.165, 1.54) is 4.68 Å². The molecular weight excluding hydrogens is 244 g/mol. The zero-order chi connectivity index (χ0) is 14.4. The van der Waals surface area contributed by atoms with Gasteiger partial charge in [0, 0.05) is 26.8 Å². The average molecular weight is 268 g/mol. The van der Waals surface area contributed by atoms with Gasteiger partial charge in [-0.25, -0.2) is 0 Å². The molecule has 1 heterocycles. The van der Waals surface area contributed by atoms with E-state index in [1.54, 1.807) is 14.0 Å². The molecule has 0 aliphatic heterocycles. The van der Waals surface area contributed by atoms with Crippen LogP contribution in [0.5, 0.6) is 0 Å². The van der Waals surface area contributed by atoms with E-state index in [9.17, 15) is 4.79 Å². The standard InChI is InChI=1S/C13H24N4O2/c1-9(2)8-19-7-5-6-15-13(18)12-11(14)10(3)16-17(12)4/h9H,5-8,14H2,1-4H3,(H,15,18). The Bertz CT molecular complexity index is 427. The first-order valence-corrected chi connectivity index (χ1v) is 6.58. The van der Waals surface area contributed by atoms with Crippen LogP contribution in [-0.4, -0.2) is 35.4 Å². The van der Waals surface area contributed by atoms with E-state index >= 15 is 0 Å². The SMILES string of the molecule is Cc1nn(C)c(C(=O)NCCCOCC(C)C)c1N. The Morgan fingerprint density at radius 3 is 2.74 bits per heavy atom. The zero-order valence-electron chi connectivity index (χ0n) is 12.2. The Morgan fingerprint density at radius 1 is 1.53 bits per heavy atom. The van der Waals surface area contributed by atoms with Crippen LogP contribution in [0.15, 0.2) is 0 Å². The highest BCUT2D eigenvalue weighted by Crippen LogP contribution is 2.14. The summed E-state index contributed by atoms with van der Waals surface area (Å²) >= 11 is 0. The topological polar surface area (TPSA) is 82.2 Å². The first-order chi connectivity index (χ1) is 8.93. The summed E-state index contributed by atoms with van der Waals surface area (Å²) in [6.45, 7) is 7.97. The fourth-order valence-corrected chi connectivity index (χ4v) is 1.72. The molecule has 1 rings (SSSR count). The van der Waals surface area contributed by atoms with Crippen molar-refractivity contribution in [2.75, 3.05) is 25.5 Å². The number of carbonyl (C=O) groups excluding carboxylic acids is 1. The number of nitrogens with zero attached hydrogens (tertiary/aromatic N) is 2. The van der Waals surface area contributed by atoms with Crippen LogP contribution in [0, 0.1) is 12.8 Å². The number of amides is 1. The van der Waals surface area contributed by atoms with Crippen molar-refractivity contribution in [1.82, 2.24) is 15.1 Å². The van der Waals surface area contributed by atoms with Gasteiger partial charge in [0.1, 0.15) is 5.69 Å². The molecule has 0 radical (unpaired) electrons. The molecule has 0 atom stereocenters. The average Bonchev–Trinajstić information content (AvgIpc) is 2.57. The van der Waals surface area contributed by atoms with E-state index in [2.05, 4.69) is 24.3 Å². The number of aromatic nitrogens is 2. The van der Waals surface area contributed by atoms with Crippen LogP contribution in [0.1, 0.15) is 36.5 Å². The number of nitrogen functional groups attached to an aromatic ring is 1. The summed E-state index contributed by atoms with van der Waals surface area (Å²) in [5.41, 5.74) is 7.35. The summed E-state index contributed by atoms with van der Waals surface area (Å²) in [6.07, 6.45) is 0.787. The van der Waals surface area contributed by atoms with Crippen molar-refractivity contribution in [3.05, 3.63) is 11.4 Å². The fourth-order valence-electron chi connectivity index (χ4n) is 1.72. The lowest BCUT2D eigenvalue weighted by Gasteiger charge is -2.08. The van der Waals surface area contributed by atoms with Crippen LogP contribution >= 0.6 is 0 Å². The number of nitrogens with one attached hydrogen (secondary N) is 1. The van der Waals surface area contributed by atoms with E-state index in [-0.39, 0.29) is 5.91 Å². The predicted octanol–water partition coefficient (Wildman–Crippen LogP) is 1.10. The van der Waals surface area contributed by atoms with E-state index < -0.39 is 0 Å². The third kappa shape index (κ3) is 4.55. The molecule has 0 aliphatic rings. The van der Waals surface area contributed by atoms with Gasteiger partial charge in [-0.15, -0.1) is 0 Å². The van der Waals surface area contributed by atoms with Gasteiger partial charge in [0.2, 0.25) is 0 Å².